The number of nitro groups is 1. The van der Waals surface area contributed by atoms with Gasteiger partial charge in [-0.15, -0.1) is 0 Å². The summed E-state index contributed by atoms with van der Waals surface area (Å²) in [5.74, 6) is 0.0760. The molecule has 160 valence electrons. The van der Waals surface area contributed by atoms with Gasteiger partial charge in [-0.3, -0.25) is 24.3 Å². The van der Waals surface area contributed by atoms with Gasteiger partial charge in [-0.1, -0.05) is 30.3 Å². The maximum atomic E-state index is 13.4. The van der Waals surface area contributed by atoms with E-state index in [4.69, 9.17) is 4.98 Å². The highest BCUT2D eigenvalue weighted by Gasteiger charge is 2.25. The van der Waals surface area contributed by atoms with Gasteiger partial charge in [0.2, 0.25) is 0 Å². The summed E-state index contributed by atoms with van der Waals surface area (Å²) in [5, 5.41) is 11.4. The van der Waals surface area contributed by atoms with Gasteiger partial charge >= 0.3 is 0 Å². The Hall–Kier alpha value is -4.33. The summed E-state index contributed by atoms with van der Waals surface area (Å²) in [6.45, 7) is 1.79. The number of nitro benzene ring substituents is 1. The van der Waals surface area contributed by atoms with Crippen molar-refractivity contribution in [2.24, 2.45) is 0 Å². The molecule has 0 fully saturated rings. The van der Waals surface area contributed by atoms with Crippen LogP contribution in [0.3, 0.4) is 0 Å². The topological polar surface area (TPSA) is 98.3 Å². The molecule has 8 heteroatoms. The predicted molar refractivity (Wildman–Crippen MR) is 121 cm³/mol. The van der Waals surface area contributed by atoms with Gasteiger partial charge in [0, 0.05) is 24.7 Å². The van der Waals surface area contributed by atoms with Crippen LogP contribution in [0.5, 0.6) is 0 Å². The summed E-state index contributed by atoms with van der Waals surface area (Å²) < 4.78 is 1.52. The quantitative estimate of drug-likeness (QED) is 0.352. The number of para-hydroxylation sites is 2. The zero-order chi connectivity index (χ0) is 22.8. The standard InChI is InChI=1S/C24H20N4O4/c1-16(26(2)23(29)17-12-14-19(15-13-17)28(31)32)22-25-21-11-7-6-10-20(21)24(30)27(22)18-8-4-3-5-9-18/h3-16H,1-2H3. The van der Waals surface area contributed by atoms with Crippen molar-refractivity contribution in [1.82, 2.24) is 14.5 Å². The number of aromatic nitrogens is 2. The Bertz CT molecular complexity index is 1360. The maximum absolute atomic E-state index is 13.4. The molecule has 1 atom stereocenters. The van der Waals surface area contributed by atoms with Gasteiger partial charge < -0.3 is 4.90 Å². The lowest BCUT2D eigenvalue weighted by Crippen LogP contribution is -2.34. The number of carbonyl (C=O) groups is 1. The van der Waals surface area contributed by atoms with Crippen LogP contribution in [0.1, 0.15) is 29.1 Å². The SMILES string of the molecule is CC(c1nc2ccccc2c(=O)n1-c1ccccc1)N(C)C(=O)c1ccc([N+](=O)[O-])cc1. The molecule has 0 N–H and O–H groups in total. The van der Waals surface area contributed by atoms with Gasteiger partial charge in [0.25, 0.3) is 17.2 Å². The maximum Gasteiger partial charge on any atom is 0.269 e. The van der Waals surface area contributed by atoms with Gasteiger partial charge in [-0.25, -0.2) is 4.98 Å². The fourth-order valence-corrected chi connectivity index (χ4v) is 3.54. The monoisotopic (exact) mass is 428 g/mol. The highest BCUT2D eigenvalue weighted by Crippen LogP contribution is 2.23. The summed E-state index contributed by atoms with van der Waals surface area (Å²) in [6, 6.07) is 21.1. The predicted octanol–water partition coefficient (Wildman–Crippen LogP) is 4.13. The molecular weight excluding hydrogens is 408 g/mol. The Morgan fingerprint density at radius 2 is 1.62 bits per heavy atom. The van der Waals surface area contributed by atoms with Crippen molar-refractivity contribution in [2.45, 2.75) is 13.0 Å². The first-order chi connectivity index (χ1) is 15.4. The van der Waals surface area contributed by atoms with E-state index in [1.807, 2.05) is 36.4 Å². The number of hydrogen-bond donors (Lipinski definition) is 0. The summed E-state index contributed by atoms with van der Waals surface area (Å²) >= 11 is 0. The number of fused-ring (bicyclic) bond motifs is 1. The van der Waals surface area contributed by atoms with Crippen LogP contribution in [0.15, 0.2) is 83.7 Å². The second kappa shape index (κ2) is 8.43. The molecule has 1 unspecified atom stereocenters. The van der Waals surface area contributed by atoms with E-state index in [1.54, 1.807) is 32.2 Å². The van der Waals surface area contributed by atoms with Crippen molar-refractivity contribution in [2.75, 3.05) is 7.05 Å². The number of nitrogens with zero attached hydrogens (tertiary/aromatic N) is 4. The van der Waals surface area contributed by atoms with Gasteiger partial charge in [-0.05, 0) is 43.3 Å². The van der Waals surface area contributed by atoms with E-state index in [1.165, 1.54) is 33.7 Å². The normalized spacial score (nSPS) is 11.8. The molecule has 0 aliphatic carbocycles. The van der Waals surface area contributed by atoms with Crippen molar-refractivity contribution in [1.29, 1.82) is 0 Å². The molecule has 0 aliphatic heterocycles. The van der Waals surface area contributed by atoms with Gasteiger partial charge in [0.1, 0.15) is 5.82 Å². The Labute approximate surface area is 183 Å². The largest absolute Gasteiger partial charge is 0.332 e. The molecule has 1 heterocycles. The summed E-state index contributed by atoms with van der Waals surface area (Å²) in [7, 11) is 1.62. The van der Waals surface area contributed by atoms with Crippen molar-refractivity contribution in [3.05, 3.63) is 111 Å². The zero-order valence-electron chi connectivity index (χ0n) is 17.5. The number of rotatable bonds is 5. The molecule has 0 saturated heterocycles. The molecule has 32 heavy (non-hydrogen) atoms. The van der Waals surface area contributed by atoms with Crippen molar-refractivity contribution in [3.8, 4) is 5.69 Å². The fraction of sp³-hybridized carbons (Fsp3) is 0.125. The Balaban J connectivity index is 1.80. The molecule has 0 aliphatic rings. The number of hydrogen-bond acceptors (Lipinski definition) is 5. The van der Waals surface area contributed by atoms with Crippen LogP contribution in [-0.2, 0) is 0 Å². The van der Waals surface area contributed by atoms with Crippen LogP contribution in [0.25, 0.3) is 16.6 Å². The third-order valence-corrected chi connectivity index (χ3v) is 5.42. The van der Waals surface area contributed by atoms with Gasteiger partial charge in [0.05, 0.1) is 27.6 Å². The molecule has 1 amide bonds. The number of non-ortho nitro benzene ring substituents is 1. The molecule has 0 radical (unpaired) electrons. The first-order valence-corrected chi connectivity index (χ1v) is 9.97. The molecule has 4 rings (SSSR count). The number of carbonyl (C=O) groups excluding carboxylic acids is 1. The number of amides is 1. The van der Waals surface area contributed by atoms with Crippen LogP contribution >= 0.6 is 0 Å². The first kappa shape index (κ1) is 20.9. The summed E-state index contributed by atoms with van der Waals surface area (Å²) in [5.41, 5.74) is 1.18. The van der Waals surface area contributed by atoms with Crippen LogP contribution in [0.4, 0.5) is 5.69 Å². The van der Waals surface area contributed by atoms with E-state index in [2.05, 4.69) is 0 Å². The molecular formula is C24H20N4O4. The fourth-order valence-electron chi connectivity index (χ4n) is 3.54. The Morgan fingerprint density at radius 3 is 2.28 bits per heavy atom. The van der Waals surface area contributed by atoms with Crippen LogP contribution in [0.2, 0.25) is 0 Å². The highest BCUT2D eigenvalue weighted by molar-refractivity contribution is 5.94. The number of benzene rings is 3. The molecule has 1 aromatic heterocycles. The Kier molecular flexibility index (Phi) is 5.51. The van der Waals surface area contributed by atoms with Gasteiger partial charge in [-0.2, -0.15) is 0 Å². The van der Waals surface area contributed by atoms with E-state index in [0.717, 1.165) is 0 Å². The third kappa shape index (κ3) is 3.74. The molecule has 3 aromatic carbocycles. The van der Waals surface area contributed by atoms with E-state index in [-0.39, 0.29) is 17.2 Å². The molecule has 8 nitrogen and oxygen atoms in total. The minimum absolute atomic E-state index is 0.0913. The van der Waals surface area contributed by atoms with Crippen molar-refractivity contribution < 1.29 is 9.72 Å². The average molecular weight is 428 g/mol. The highest BCUT2D eigenvalue weighted by atomic mass is 16.6. The summed E-state index contributed by atoms with van der Waals surface area (Å²) in [6.07, 6.45) is 0. The lowest BCUT2D eigenvalue weighted by atomic mass is 10.1. The van der Waals surface area contributed by atoms with Gasteiger partial charge in [0.15, 0.2) is 0 Å². The van der Waals surface area contributed by atoms with E-state index < -0.39 is 11.0 Å². The molecule has 4 aromatic rings. The van der Waals surface area contributed by atoms with Crippen LogP contribution in [0, 0.1) is 10.1 Å². The third-order valence-electron chi connectivity index (χ3n) is 5.42. The van der Waals surface area contributed by atoms with Crippen molar-refractivity contribution in [3.63, 3.8) is 0 Å². The van der Waals surface area contributed by atoms with E-state index in [9.17, 15) is 19.7 Å². The minimum atomic E-state index is -0.560. The summed E-state index contributed by atoms with van der Waals surface area (Å²) in [4.78, 5) is 43.0. The Morgan fingerprint density at radius 1 is 1.00 bits per heavy atom. The van der Waals surface area contributed by atoms with E-state index >= 15 is 0 Å². The molecule has 0 saturated carbocycles. The van der Waals surface area contributed by atoms with Crippen LogP contribution in [-0.4, -0.2) is 32.3 Å². The second-order valence-corrected chi connectivity index (χ2v) is 7.36. The minimum Gasteiger partial charge on any atom is -0.332 e. The van der Waals surface area contributed by atoms with Crippen molar-refractivity contribution >= 4 is 22.5 Å². The lowest BCUT2D eigenvalue weighted by Gasteiger charge is -2.27. The second-order valence-electron chi connectivity index (χ2n) is 7.36. The first-order valence-electron chi connectivity index (χ1n) is 9.97. The molecule has 0 spiro atoms. The molecule has 0 bridgehead atoms. The zero-order valence-corrected chi connectivity index (χ0v) is 17.5. The van der Waals surface area contributed by atoms with E-state index in [0.29, 0.717) is 28.0 Å². The van der Waals surface area contributed by atoms with Crippen LogP contribution < -0.4 is 5.56 Å². The smallest absolute Gasteiger partial charge is 0.269 e. The average Bonchev–Trinajstić information content (AvgIpc) is 2.83. The lowest BCUT2D eigenvalue weighted by molar-refractivity contribution is -0.384.